The van der Waals surface area contributed by atoms with Crippen molar-refractivity contribution in [3.05, 3.63) is 59.9 Å². The molecule has 0 amide bonds. The fourth-order valence-electron chi connectivity index (χ4n) is 2.79. The molecule has 24 heavy (non-hydrogen) atoms. The first kappa shape index (κ1) is 16.1. The van der Waals surface area contributed by atoms with Crippen molar-refractivity contribution in [2.75, 3.05) is 0 Å². The van der Waals surface area contributed by atoms with Crippen molar-refractivity contribution in [2.24, 2.45) is 0 Å². The van der Waals surface area contributed by atoms with Crippen LogP contribution < -0.4 is 4.74 Å². The van der Waals surface area contributed by atoms with Gasteiger partial charge >= 0.3 is 5.97 Å². The minimum absolute atomic E-state index is 0.224. The van der Waals surface area contributed by atoms with Crippen molar-refractivity contribution in [1.29, 1.82) is 0 Å². The average molecular weight is 324 g/mol. The molecule has 0 aliphatic rings. The van der Waals surface area contributed by atoms with Crippen LogP contribution in [-0.4, -0.2) is 20.6 Å². The van der Waals surface area contributed by atoms with Crippen LogP contribution in [0.15, 0.2) is 48.5 Å². The van der Waals surface area contributed by atoms with Gasteiger partial charge in [-0.3, -0.25) is 0 Å². The van der Waals surface area contributed by atoms with E-state index < -0.39 is 12.0 Å². The van der Waals surface area contributed by atoms with Gasteiger partial charge in [-0.1, -0.05) is 36.8 Å². The molecule has 2 aromatic carbocycles. The van der Waals surface area contributed by atoms with Gasteiger partial charge in [0.25, 0.3) is 0 Å². The van der Waals surface area contributed by atoms with Crippen LogP contribution in [0, 0.1) is 6.92 Å². The topological polar surface area (TPSA) is 64.3 Å². The van der Waals surface area contributed by atoms with Gasteiger partial charge < -0.3 is 14.4 Å². The molecule has 0 radical (unpaired) electrons. The average Bonchev–Trinajstić information content (AvgIpc) is 2.93. The maximum absolute atomic E-state index is 11.6. The zero-order valence-corrected chi connectivity index (χ0v) is 13.8. The van der Waals surface area contributed by atoms with Gasteiger partial charge in [-0.15, -0.1) is 0 Å². The normalized spacial score (nSPS) is 12.2. The first-order valence-electron chi connectivity index (χ1n) is 7.98. The molecule has 0 aliphatic heterocycles. The number of carbonyl (C=O) groups is 1. The molecule has 5 heteroatoms. The Labute approximate surface area is 140 Å². The number of carboxylic acids is 1. The summed E-state index contributed by atoms with van der Waals surface area (Å²) >= 11 is 0. The number of rotatable bonds is 6. The Bertz CT molecular complexity index is 853. The fraction of sp³-hybridized carbons (Fsp3) is 0.263. The summed E-state index contributed by atoms with van der Waals surface area (Å²) in [5.41, 5.74) is 2.75. The van der Waals surface area contributed by atoms with Crippen LogP contribution in [0.3, 0.4) is 0 Å². The molecule has 0 aliphatic carbocycles. The number of fused-ring (bicyclic) bond motifs is 1. The Morgan fingerprint density at radius 1 is 1.21 bits per heavy atom. The summed E-state index contributed by atoms with van der Waals surface area (Å²) in [6.45, 7) is 4.10. The quantitative estimate of drug-likeness (QED) is 0.745. The molecule has 1 aromatic heterocycles. The molecule has 0 fully saturated rings. The molecule has 124 valence electrons. The van der Waals surface area contributed by atoms with E-state index in [0.29, 0.717) is 12.2 Å². The van der Waals surface area contributed by atoms with Crippen LogP contribution in [0.4, 0.5) is 0 Å². The summed E-state index contributed by atoms with van der Waals surface area (Å²) < 4.78 is 7.59. The van der Waals surface area contributed by atoms with Crippen molar-refractivity contribution in [3.8, 4) is 5.75 Å². The highest BCUT2D eigenvalue weighted by Crippen LogP contribution is 2.24. The molecule has 1 atom stereocenters. The summed E-state index contributed by atoms with van der Waals surface area (Å²) in [4.78, 5) is 16.2. The molecule has 3 aromatic rings. The SMILES string of the molecule is CCC(C(=O)O)n1c(COc2ccc(C)cc2)nc2ccccc21. The van der Waals surface area contributed by atoms with Gasteiger partial charge in [0.05, 0.1) is 11.0 Å². The Balaban J connectivity index is 1.97. The van der Waals surface area contributed by atoms with Crippen molar-refractivity contribution in [2.45, 2.75) is 32.9 Å². The van der Waals surface area contributed by atoms with Crippen LogP contribution in [-0.2, 0) is 11.4 Å². The first-order chi connectivity index (χ1) is 11.6. The van der Waals surface area contributed by atoms with Gasteiger partial charge in [-0.05, 0) is 37.6 Å². The zero-order valence-electron chi connectivity index (χ0n) is 13.8. The van der Waals surface area contributed by atoms with E-state index in [4.69, 9.17) is 4.74 Å². The molecule has 0 saturated carbocycles. The van der Waals surface area contributed by atoms with E-state index >= 15 is 0 Å². The van der Waals surface area contributed by atoms with Gasteiger partial charge in [-0.2, -0.15) is 0 Å². The van der Waals surface area contributed by atoms with Gasteiger partial charge in [0.2, 0.25) is 0 Å². The van der Waals surface area contributed by atoms with Gasteiger partial charge in [0.15, 0.2) is 0 Å². The lowest BCUT2D eigenvalue weighted by molar-refractivity contribution is -0.141. The Kier molecular flexibility index (Phi) is 4.51. The molecule has 1 heterocycles. The highest BCUT2D eigenvalue weighted by molar-refractivity contribution is 5.80. The summed E-state index contributed by atoms with van der Waals surface area (Å²) in [6, 6.07) is 14.7. The Hall–Kier alpha value is -2.82. The van der Waals surface area contributed by atoms with Gasteiger partial charge in [0.1, 0.15) is 24.2 Å². The fourth-order valence-corrected chi connectivity index (χ4v) is 2.79. The summed E-state index contributed by atoms with van der Waals surface area (Å²) in [5, 5.41) is 9.56. The lowest BCUT2D eigenvalue weighted by atomic mass is 10.2. The molecule has 0 bridgehead atoms. The van der Waals surface area contributed by atoms with Crippen LogP contribution >= 0.6 is 0 Å². The summed E-state index contributed by atoms with van der Waals surface area (Å²) in [5.74, 6) is 0.492. The van der Waals surface area contributed by atoms with Crippen molar-refractivity contribution in [1.82, 2.24) is 9.55 Å². The van der Waals surface area contributed by atoms with E-state index in [9.17, 15) is 9.90 Å². The number of aryl methyl sites for hydroxylation is 1. The number of benzene rings is 2. The predicted octanol–water partition coefficient (Wildman–Crippen LogP) is 3.96. The maximum atomic E-state index is 11.6. The van der Waals surface area contributed by atoms with Crippen LogP contribution in [0.5, 0.6) is 5.75 Å². The largest absolute Gasteiger partial charge is 0.486 e. The summed E-state index contributed by atoms with van der Waals surface area (Å²) in [7, 11) is 0. The third-order valence-corrected chi connectivity index (χ3v) is 4.04. The monoisotopic (exact) mass is 324 g/mol. The third kappa shape index (κ3) is 3.11. The number of para-hydroxylation sites is 2. The van der Waals surface area contributed by atoms with Gasteiger partial charge in [0, 0.05) is 0 Å². The van der Waals surface area contributed by atoms with Crippen LogP contribution in [0.1, 0.15) is 30.8 Å². The van der Waals surface area contributed by atoms with Crippen molar-refractivity contribution in [3.63, 3.8) is 0 Å². The van der Waals surface area contributed by atoms with E-state index in [0.717, 1.165) is 22.3 Å². The van der Waals surface area contributed by atoms with E-state index in [1.165, 1.54) is 0 Å². The summed E-state index contributed by atoms with van der Waals surface area (Å²) in [6.07, 6.45) is 0.479. The minimum Gasteiger partial charge on any atom is -0.486 e. The molecular formula is C19H20N2O3. The lowest BCUT2D eigenvalue weighted by Crippen LogP contribution is -2.21. The Morgan fingerprint density at radius 3 is 2.58 bits per heavy atom. The number of carboxylic acid groups (broad SMARTS) is 1. The molecule has 0 saturated heterocycles. The highest BCUT2D eigenvalue weighted by Gasteiger charge is 2.23. The molecule has 3 rings (SSSR count). The predicted molar refractivity (Wildman–Crippen MR) is 92.2 cm³/mol. The molecule has 1 N–H and O–H groups in total. The number of aliphatic carboxylic acids is 1. The smallest absolute Gasteiger partial charge is 0.326 e. The van der Waals surface area contributed by atoms with Gasteiger partial charge in [-0.25, -0.2) is 9.78 Å². The number of aromatic nitrogens is 2. The van der Waals surface area contributed by atoms with E-state index in [1.54, 1.807) is 4.57 Å². The second-order valence-electron chi connectivity index (χ2n) is 5.75. The third-order valence-electron chi connectivity index (χ3n) is 4.04. The maximum Gasteiger partial charge on any atom is 0.326 e. The molecule has 0 spiro atoms. The highest BCUT2D eigenvalue weighted by atomic mass is 16.5. The van der Waals surface area contributed by atoms with Crippen LogP contribution in [0.25, 0.3) is 11.0 Å². The number of nitrogens with zero attached hydrogens (tertiary/aromatic N) is 2. The number of hydrogen-bond donors (Lipinski definition) is 1. The molecular weight excluding hydrogens is 304 g/mol. The second kappa shape index (κ2) is 6.74. The van der Waals surface area contributed by atoms with E-state index in [2.05, 4.69) is 4.98 Å². The van der Waals surface area contributed by atoms with Crippen molar-refractivity contribution >= 4 is 17.0 Å². The second-order valence-corrected chi connectivity index (χ2v) is 5.75. The number of imidazole rings is 1. The van der Waals surface area contributed by atoms with E-state index in [1.807, 2.05) is 62.4 Å². The van der Waals surface area contributed by atoms with Crippen LogP contribution in [0.2, 0.25) is 0 Å². The molecule has 1 unspecified atom stereocenters. The zero-order chi connectivity index (χ0) is 17.1. The standard InChI is InChI=1S/C19H20N2O3/c1-3-16(19(22)23)21-17-7-5-4-6-15(17)20-18(21)12-24-14-10-8-13(2)9-11-14/h4-11,16H,3,12H2,1-2H3,(H,22,23). The molecule has 5 nitrogen and oxygen atoms in total. The van der Waals surface area contributed by atoms with E-state index in [-0.39, 0.29) is 6.61 Å². The Morgan fingerprint density at radius 2 is 1.92 bits per heavy atom. The number of ether oxygens (including phenoxy) is 1. The lowest BCUT2D eigenvalue weighted by Gasteiger charge is -2.16. The number of hydrogen-bond acceptors (Lipinski definition) is 3. The minimum atomic E-state index is -0.864. The van der Waals surface area contributed by atoms with Crippen molar-refractivity contribution < 1.29 is 14.6 Å². The first-order valence-corrected chi connectivity index (χ1v) is 7.98.